The fraction of sp³-hybridized carbons (Fsp3) is 0.909. The van der Waals surface area contributed by atoms with E-state index in [0.29, 0.717) is 32.8 Å². The molecule has 0 radical (unpaired) electrons. The number of carbonyl (C=O) groups is 1. The number of hydrogen-bond donors (Lipinski definition) is 1. The van der Waals surface area contributed by atoms with Gasteiger partial charge >= 0.3 is 0 Å². The van der Waals surface area contributed by atoms with E-state index < -0.39 is 0 Å². The van der Waals surface area contributed by atoms with Crippen molar-refractivity contribution < 1.29 is 14.3 Å². The van der Waals surface area contributed by atoms with Gasteiger partial charge in [0.25, 0.3) is 0 Å². The molecule has 1 N–H and O–H groups in total. The van der Waals surface area contributed by atoms with Crippen LogP contribution >= 0.6 is 0 Å². The molecule has 0 aromatic rings. The number of morpholine rings is 2. The number of nitrogens with zero attached hydrogens (tertiary/aromatic N) is 1. The van der Waals surface area contributed by atoms with E-state index in [1.54, 1.807) is 0 Å². The third-order valence-corrected chi connectivity index (χ3v) is 3.11. The maximum Gasteiger partial charge on any atom is 0.224 e. The number of hydrogen-bond acceptors (Lipinski definition) is 4. The molecule has 2 atom stereocenters. The number of carbonyl (C=O) groups excluding carboxylic acids is 1. The third-order valence-electron chi connectivity index (χ3n) is 3.11. The molecule has 0 spiro atoms. The summed E-state index contributed by atoms with van der Waals surface area (Å²) in [5, 5.41) is 3.30. The zero-order valence-corrected chi connectivity index (χ0v) is 9.78. The van der Waals surface area contributed by atoms with E-state index in [2.05, 4.69) is 5.32 Å². The van der Waals surface area contributed by atoms with Crippen LogP contribution < -0.4 is 5.32 Å². The molecule has 0 aromatic heterocycles. The highest BCUT2D eigenvalue weighted by Gasteiger charge is 2.26. The predicted octanol–water partition coefficient (Wildman–Crippen LogP) is -0.388. The molecule has 16 heavy (non-hydrogen) atoms. The first kappa shape index (κ1) is 11.8. The molecule has 2 aliphatic rings. The van der Waals surface area contributed by atoms with Crippen molar-refractivity contribution in [2.24, 2.45) is 0 Å². The standard InChI is InChI=1S/C11H20N2O3/c1-9-7-16-5-3-13(9)11(14)6-10-8-15-4-2-12-10/h9-10,12H,2-8H2,1H3/t9-,10?/m1/s1. The van der Waals surface area contributed by atoms with Crippen LogP contribution in [0.1, 0.15) is 13.3 Å². The first-order valence-corrected chi connectivity index (χ1v) is 5.95. The van der Waals surface area contributed by atoms with Crippen LogP contribution in [0.2, 0.25) is 0 Å². The molecule has 2 saturated heterocycles. The second-order valence-electron chi connectivity index (χ2n) is 4.44. The van der Waals surface area contributed by atoms with Crippen LogP contribution in [0.5, 0.6) is 0 Å². The van der Waals surface area contributed by atoms with E-state index in [1.165, 1.54) is 0 Å². The van der Waals surface area contributed by atoms with Crippen molar-refractivity contribution in [3.8, 4) is 0 Å². The molecular weight excluding hydrogens is 208 g/mol. The molecule has 0 aliphatic carbocycles. The monoisotopic (exact) mass is 228 g/mol. The van der Waals surface area contributed by atoms with Crippen LogP contribution in [-0.4, -0.2) is 62.4 Å². The van der Waals surface area contributed by atoms with Crippen molar-refractivity contribution in [1.29, 1.82) is 0 Å². The molecule has 5 heteroatoms. The minimum absolute atomic E-state index is 0.177. The Bertz CT molecular complexity index is 241. The maximum absolute atomic E-state index is 12.1. The maximum atomic E-state index is 12.1. The highest BCUT2D eigenvalue weighted by molar-refractivity contribution is 5.77. The molecule has 0 bridgehead atoms. The SMILES string of the molecule is C[C@@H]1COCCN1C(=O)CC1COCCN1. The van der Waals surface area contributed by atoms with Crippen molar-refractivity contribution >= 4 is 5.91 Å². The summed E-state index contributed by atoms with van der Waals surface area (Å²) in [4.78, 5) is 14.0. The Hall–Kier alpha value is -0.650. The normalized spacial score (nSPS) is 31.4. The summed E-state index contributed by atoms with van der Waals surface area (Å²) in [5.74, 6) is 0.207. The highest BCUT2D eigenvalue weighted by atomic mass is 16.5. The van der Waals surface area contributed by atoms with Gasteiger partial charge in [0.05, 0.1) is 32.5 Å². The average molecular weight is 228 g/mol. The van der Waals surface area contributed by atoms with Gasteiger partial charge < -0.3 is 19.7 Å². The number of amides is 1. The number of ether oxygens (including phenoxy) is 2. The van der Waals surface area contributed by atoms with Gasteiger partial charge in [0.2, 0.25) is 5.91 Å². The molecule has 92 valence electrons. The molecule has 1 amide bonds. The zero-order chi connectivity index (χ0) is 11.4. The fourth-order valence-corrected chi connectivity index (χ4v) is 2.18. The molecule has 0 aromatic carbocycles. The Morgan fingerprint density at radius 2 is 2.19 bits per heavy atom. The van der Waals surface area contributed by atoms with Crippen LogP contribution in [-0.2, 0) is 14.3 Å². The largest absolute Gasteiger partial charge is 0.378 e. The van der Waals surface area contributed by atoms with E-state index in [4.69, 9.17) is 9.47 Å². The van der Waals surface area contributed by atoms with E-state index >= 15 is 0 Å². The summed E-state index contributed by atoms with van der Waals surface area (Å²) < 4.78 is 10.7. The van der Waals surface area contributed by atoms with Crippen LogP contribution in [0.15, 0.2) is 0 Å². The molecule has 2 aliphatic heterocycles. The van der Waals surface area contributed by atoms with Gasteiger partial charge in [-0.15, -0.1) is 0 Å². The van der Waals surface area contributed by atoms with Crippen molar-refractivity contribution in [3.05, 3.63) is 0 Å². The van der Waals surface area contributed by atoms with Crippen LogP contribution in [0.4, 0.5) is 0 Å². The van der Waals surface area contributed by atoms with Gasteiger partial charge in [0, 0.05) is 25.6 Å². The molecular formula is C11H20N2O3. The molecule has 2 fully saturated rings. The topological polar surface area (TPSA) is 50.8 Å². The van der Waals surface area contributed by atoms with Gasteiger partial charge in [0.15, 0.2) is 0 Å². The lowest BCUT2D eigenvalue weighted by molar-refractivity contribution is -0.140. The van der Waals surface area contributed by atoms with E-state index in [1.807, 2.05) is 11.8 Å². The summed E-state index contributed by atoms with van der Waals surface area (Å²) in [7, 11) is 0. The van der Waals surface area contributed by atoms with Gasteiger partial charge in [-0.2, -0.15) is 0 Å². The smallest absolute Gasteiger partial charge is 0.224 e. The Kier molecular flexibility index (Phi) is 4.15. The quantitative estimate of drug-likeness (QED) is 0.699. The number of nitrogens with one attached hydrogen (secondary N) is 1. The minimum Gasteiger partial charge on any atom is -0.378 e. The van der Waals surface area contributed by atoms with Gasteiger partial charge in [-0.25, -0.2) is 0 Å². The van der Waals surface area contributed by atoms with Crippen molar-refractivity contribution in [2.75, 3.05) is 39.5 Å². The second kappa shape index (κ2) is 5.61. The van der Waals surface area contributed by atoms with Gasteiger partial charge in [-0.1, -0.05) is 0 Å². The highest BCUT2D eigenvalue weighted by Crippen LogP contribution is 2.10. The van der Waals surface area contributed by atoms with E-state index in [0.717, 1.165) is 13.2 Å². The fourth-order valence-electron chi connectivity index (χ4n) is 2.18. The molecule has 2 rings (SSSR count). The Labute approximate surface area is 96.1 Å². The van der Waals surface area contributed by atoms with E-state index in [-0.39, 0.29) is 18.0 Å². The Balaban J connectivity index is 1.81. The minimum atomic E-state index is 0.177. The predicted molar refractivity (Wildman–Crippen MR) is 59.2 cm³/mol. The van der Waals surface area contributed by atoms with Crippen LogP contribution in [0.3, 0.4) is 0 Å². The van der Waals surface area contributed by atoms with E-state index in [9.17, 15) is 4.79 Å². The summed E-state index contributed by atoms with van der Waals surface area (Å²) in [6, 6.07) is 0.377. The lowest BCUT2D eigenvalue weighted by atomic mass is 10.1. The first-order chi connectivity index (χ1) is 7.77. The molecule has 1 unspecified atom stereocenters. The summed E-state index contributed by atoms with van der Waals surface area (Å²) in [5.41, 5.74) is 0. The Morgan fingerprint density at radius 3 is 2.88 bits per heavy atom. The number of rotatable bonds is 2. The van der Waals surface area contributed by atoms with Gasteiger partial charge in [-0.3, -0.25) is 4.79 Å². The van der Waals surface area contributed by atoms with Crippen molar-refractivity contribution in [1.82, 2.24) is 10.2 Å². The zero-order valence-electron chi connectivity index (χ0n) is 9.78. The third kappa shape index (κ3) is 2.93. The Morgan fingerprint density at radius 1 is 1.38 bits per heavy atom. The van der Waals surface area contributed by atoms with Crippen molar-refractivity contribution in [2.45, 2.75) is 25.4 Å². The lowest BCUT2D eigenvalue weighted by Gasteiger charge is -2.35. The van der Waals surface area contributed by atoms with Gasteiger partial charge in [-0.05, 0) is 6.92 Å². The molecule has 0 saturated carbocycles. The van der Waals surface area contributed by atoms with Crippen LogP contribution in [0.25, 0.3) is 0 Å². The summed E-state index contributed by atoms with van der Waals surface area (Å²) >= 11 is 0. The second-order valence-corrected chi connectivity index (χ2v) is 4.44. The van der Waals surface area contributed by atoms with Gasteiger partial charge in [0.1, 0.15) is 0 Å². The summed E-state index contributed by atoms with van der Waals surface area (Å²) in [6.45, 7) is 6.29. The first-order valence-electron chi connectivity index (χ1n) is 5.95. The summed E-state index contributed by atoms with van der Waals surface area (Å²) in [6.07, 6.45) is 0.532. The van der Waals surface area contributed by atoms with Crippen LogP contribution in [0, 0.1) is 0 Å². The lowest BCUT2D eigenvalue weighted by Crippen LogP contribution is -2.50. The van der Waals surface area contributed by atoms with Crippen molar-refractivity contribution in [3.63, 3.8) is 0 Å². The molecule has 2 heterocycles. The molecule has 5 nitrogen and oxygen atoms in total. The average Bonchev–Trinajstić information content (AvgIpc) is 2.31.